The van der Waals surface area contributed by atoms with Crippen molar-refractivity contribution in [2.75, 3.05) is 17.5 Å². The van der Waals surface area contributed by atoms with E-state index in [1.54, 1.807) is 42.5 Å². The molecule has 3 rings (SSSR count). The minimum atomic E-state index is -4.15. The Hall–Kier alpha value is -3.85. The topological polar surface area (TPSA) is 96.0 Å². The van der Waals surface area contributed by atoms with E-state index in [9.17, 15) is 18.0 Å². The number of ether oxygens (including phenoxy) is 1. The summed E-state index contributed by atoms with van der Waals surface area (Å²) in [6, 6.07) is 21.5. The Bertz CT molecular complexity index is 1420. The lowest BCUT2D eigenvalue weighted by Gasteiger charge is -2.34. The molecule has 0 heterocycles. The van der Waals surface area contributed by atoms with Gasteiger partial charge < -0.3 is 15.0 Å². The molecule has 0 fully saturated rings. The summed E-state index contributed by atoms with van der Waals surface area (Å²) in [5, 5.41) is 2.98. The zero-order valence-corrected chi connectivity index (χ0v) is 25.6. The number of hydrogen-bond acceptors (Lipinski definition) is 5. The Morgan fingerprint density at radius 1 is 0.927 bits per heavy atom. The second-order valence-electron chi connectivity index (χ2n) is 10.9. The molecule has 0 radical (unpaired) electrons. The molecule has 41 heavy (non-hydrogen) atoms. The van der Waals surface area contributed by atoms with Crippen LogP contribution in [0.5, 0.6) is 5.75 Å². The summed E-state index contributed by atoms with van der Waals surface area (Å²) >= 11 is 0. The first-order valence-electron chi connectivity index (χ1n) is 13.8. The van der Waals surface area contributed by atoms with Crippen molar-refractivity contribution < 1.29 is 22.7 Å². The van der Waals surface area contributed by atoms with E-state index < -0.39 is 34.1 Å². The number of sulfonamides is 1. The van der Waals surface area contributed by atoms with Crippen molar-refractivity contribution in [2.24, 2.45) is 0 Å². The van der Waals surface area contributed by atoms with Crippen molar-refractivity contribution in [3.05, 3.63) is 90.0 Å². The normalized spacial score (nSPS) is 12.3. The molecular formula is C32H41N3O5S. The van der Waals surface area contributed by atoms with Crippen LogP contribution < -0.4 is 14.4 Å². The number of hydrogen-bond donors (Lipinski definition) is 1. The van der Waals surface area contributed by atoms with E-state index in [4.69, 9.17) is 4.74 Å². The molecule has 3 aromatic carbocycles. The fourth-order valence-electron chi connectivity index (χ4n) is 4.50. The predicted octanol–water partition coefficient (Wildman–Crippen LogP) is 5.31. The predicted molar refractivity (Wildman–Crippen MR) is 162 cm³/mol. The standard InChI is InChI=1S/C32H41N3O5S/c1-7-29(31(37)33-32(4,5)6)34(22-25-14-12-13-24(3)21-25)30(36)23-35(26-15-10-9-11-16-26)41(38,39)28-19-17-27(18-20-28)40-8-2/h9-21,29H,7-8,22-23H2,1-6H3,(H,33,37)/t29-/m1/s1. The molecule has 8 nitrogen and oxygen atoms in total. The molecule has 1 atom stereocenters. The lowest BCUT2D eigenvalue weighted by molar-refractivity contribution is -0.141. The number of para-hydroxylation sites is 1. The first kappa shape index (κ1) is 31.7. The summed E-state index contributed by atoms with van der Waals surface area (Å²) in [7, 11) is -4.15. The first-order chi connectivity index (χ1) is 19.4. The fourth-order valence-corrected chi connectivity index (χ4v) is 5.92. The number of carbonyl (C=O) groups is 2. The number of benzene rings is 3. The molecule has 0 saturated heterocycles. The molecule has 3 aromatic rings. The third-order valence-corrected chi connectivity index (χ3v) is 8.15. The third kappa shape index (κ3) is 8.57. The Morgan fingerprint density at radius 2 is 1.59 bits per heavy atom. The van der Waals surface area contributed by atoms with Crippen molar-refractivity contribution >= 4 is 27.5 Å². The minimum Gasteiger partial charge on any atom is -0.494 e. The summed E-state index contributed by atoms with van der Waals surface area (Å²) in [5.74, 6) is -0.226. The lowest BCUT2D eigenvalue weighted by atomic mass is 10.0. The monoisotopic (exact) mass is 579 g/mol. The molecule has 1 N–H and O–H groups in total. The van der Waals surface area contributed by atoms with E-state index in [0.717, 1.165) is 15.4 Å². The van der Waals surface area contributed by atoms with Crippen LogP contribution in [0, 0.1) is 6.92 Å². The zero-order chi connectivity index (χ0) is 30.2. The molecule has 0 aliphatic rings. The molecule has 0 unspecified atom stereocenters. The van der Waals surface area contributed by atoms with Gasteiger partial charge in [0.15, 0.2) is 0 Å². The number of nitrogens with zero attached hydrogens (tertiary/aromatic N) is 2. The minimum absolute atomic E-state index is 0.0281. The highest BCUT2D eigenvalue weighted by molar-refractivity contribution is 7.92. The zero-order valence-electron chi connectivity index (χ0n) is 24.8. The van der Waals surface area contributed by atoms with Crippen LogP contribution >= 0.6 is 0 Å². The smallest absolute Gasteiger partial charge is 0.264 e. The van der Waals surface area contributed by atoms with Crippen LogP contribution in [0.25, 0.3) is 0 Å². The molecule has 0 aliphatic heterocycles. The van der Waals surface area contributed by atoms with E-state index in [1.807, 2.05) is 65.8 Å². The Morgan fingerprint density at radius 3 is 2.15 bits per heavy atom. The van der Waals surface area contributed by atoms with E-state index in [2.05, 4.69) is 5.32 Å². The van der Waals surface area contributed by atoms with Crippen molar-refractivity contribution in [1.29, 1.82) is 0 Å². The first-order valence-corrected chi connectivity index (χ1v) is 15.3. The molecule has 0 bridgehead atoms. The number of carbonyl (C=O) groups excluding carboxylic acids is 2. The fraction of sp³-hybridized carbons (Fsp3) is 0.375. The number of amides is 2. The van der Waals surface area contributed by atoms with Gasteiger partial charge in [0.05, 0.1) is 17.2 Å². The molecular weight excluding hydrogens is 538 g/mol. The average Bonchev–Trinajstić information content (AvgIpc) is 2.91. The van der Waals surface area contributed by atoms with Crippen LogP contribution in [-0.2, 0) is 26.2 Å². The van der Waals surface area contributed by atoms with Gasteiger partial charge in [0.25, 0.3) is 10.0 Å². The molecule has 2 amide bonds. The highest BCUT2D eigenvalue weighted by Crippen LogP contribution is 2.26. The van der Waals surface area contributed by atoms with Crippen LogP contribution in [-0.4, -0.2) is 49.9 Å². The molecule has 0 saturated carbocycles. The van der Waals surface area contributed by atoms with Gasteiger partial charge in [-0.25, -0.2) is 8.42 Å². The van der Waals surface area contributed by atoms with Crippen LogP contribution in [0.1, 0.15) is 52.2 Å². The number of anilines is 1. The highest BCUT2D eigenvalue weighted by Gasteiger charge is 2.34. The van der Waals surface area contributed by atoms with Gasteiger partial charge in [0.2, 0.25) is 11.8 Å². The molecule has 0 aliphatic carbocycles. The maximum Gasteiger partial charge on any atom is 0.264 e. The SMILES string of the molecule is CCOc1ccc(S(=O)(=O)N(CC(=O)N(Cc2cccc(C)c2)[C@H](CC)C(=O)NC(C)(C)C)c2ccccc2)cc1. The maximum absolute atomic E-state index is 14.1. The van der Waals surface area contributed by atoms with Crippen molar-refractivity contribution in [1.82, 2.24) is 10.2 Å². The summed E-state index contributed by atoms with van der Waals surface area (Å²) in [4.78, 5) is 29.0. The van der Waals surface area contributed by atoms with E-state index >= 15 is 0 Å². The lowest BCUT2D eigenvalue weighted by Crippen LogP contribution is -2.55. The van der Waals surface area contributed by atoms with Gasteiger partial charge in [-0.3, -0.25) is 13.9 Å². The Kier molecular flexibility index (Phi) is 10.6. The molecule has 9 heteroatoms. The molecule has 0 aromatic heterocycles. The van der Waals surface area contributed by atoms with Gasteiger partial charge in [0, 0.05) is 12.1 Å². The van der Waals surface area contributed by atoms with Gasteiger partial charge >= 0.3 is 0 Å². The Balaban J connectivity index is 2.04. The van der Waals surface area contributed by atoms with Gasteiger partial charge in [-0.1, -0.05) is 55.0 Å². The number of aryl methyl sites for hydroxylation is 1. The van der Waals surface area contributed by atoms with Crippen LogP contribution in [0.2, 0.25) is 0 Å². The van der Waals surface area contributed by atoms with E-state index in [0.29, 0.717) is 24.5 Å². The summed E-state index contributed by atoms with van der Waals surface area (Å²) < 4.78 is 34.5. The van der Waals surface area contributed by atoms with Crippen LogP contribution in [0.4, 0.5) is 5.69 Å². The third-order valence-electron chi connectivity index (χ3n) is 6.37. The van der Waals surface area contributed by atoms with Gasteiger partial charge in [0.1, 0.15) is 18.3 Å². The van der Waals surface area contributed by atoms with Gasteiger partial charge in [-0.15, -0.1) is 0 Å². The highest BCUT2D eigenvalue weighted by atomic mass is 32.2. The van der Waals surface area contributed by atoms with E-state index in [-0.39, 0.29) is 17.3 Å². The molecule has 0 spiro atoms. The van der Waals surface area contributed by atoms with Crippen LogP contribution in [0.3, 0.4) is 0 Å². The molecule has 220 valence electrons. The average molecular weight is 580 g/mol. The van der Waals surface area contributed by atoms with Gasteiger partial charge in [-0.05, 0) is 83.0 Å². The van der Waals surface area contributed by atoms with E-state index in [1.165, 1.54) is 17.0 Å². The summed E-state index contributed by atoms with van der Waals surface area (Å²) in [6.45, 7) is 11.4. The van der Waals surface area contributed by atoms with Crippen LogP contribution in [0.15, 0.2) is 83.8 Å². The number of nitrogens with one attached hydrogen (secondary N) is 1. The maximum atomic E-state index is 14.1. The van der Waals surface area contributed by atoms with Crippen molar-refractivity contribution in [3.8, 4) is 5.75 Å². The van der Waals surface area contributed by atoms with Crippen molar-refractivity contribution in [2.45, 2.75) is 71.0 Å². The van der Waals surface area contributed by atoms with Gasteiger partial charge in [-0.2, -0.15) is 0 Å². The van der Waals surface area contributed by atoms with Crippen molar-refractivity contribution in [3.63, 3.8) is 0 Å². The Labute approximate surface area is 244 Å². The second-order valence-corrected chi connectivity index (χ2v) is 12.8. The summed E-state index contributed by atoms with van der Waals surface area (Å²) in [5.41, 5.74) is 1.71. The summed E-state index contributed by atoms with van der Waals surface area (Å²) in [6.07, 6.45) is 0.358. The largest absolute Gasteiger partial charge is 0.494 e. The quantitative estimate of drug-likeness (QED) is 0.314. The number of rotatable bonds is 12. The second kappa shape index (κ2) is 13.7.